The molecule has 7 heteroatoms. The van der Waals surface area contributed by atoms with Crippen LogP contribution in [0.15, 0.2) is 24.3 Å². The van der Waals surface area contributed by atoms with E-state index in [2.05, 4.69) is 10.4 Å². The van der Waals surface area contributed by atoms with Crippen LogP contribution >= 0.6 is 0 Å². The minimum atomic E-state index is -4.48. The Morgan fingerprint density at radius 1 is 1.26 bits per heavy atom. The SMILES string of the molecule is Cc1nn(C(C)C)c(C)c1NC(=O)c1cccc(C(F)(F)F)c1. The lowest BCUT2D eigenvalue weighted by Gasteiger charge is -2.11. The molecule has 1 aromatic heterocycles. The van der Waals surface area contributed by atoms with Gasteiger partial charge in [-0.05, 0) is 45.9 Å². The number of nitrogens with zero attached hydrogens (tertiary/aromatic N) is 2. The third-order valence-corrected chi connectivity index (χ3v) is 3.50. The van der Waals surface area contributed by atoms with Crippen LogP contribution in [0.5, 0.6) is 0 Å². The second-order valence-electron chi connectivity index (χ2n) is 5.62. The van der Waals surface area contributed by atoms with Gasteiger partial charge in [0.1, 0.15) is 0 Å². The van der Waals surface area contributed by atoms with Gasteiger partial charge in [-0.15, -0.1) is 0 Å². The highest BCUT2D eigenvalue weighted by Crippen LogP contribution is 2.30. The molecule has 1 N–H and O–H groups in total. The summed E-state index contributed by atoms with van der Waals surface area (Å²) in [4.78, 5) is 12.3. The van der Waals surface area contributed by atoms with Crippen molar-refractivity contribution in [1.29, 1.82) is 0 Å². The fraction of sp³-hybridized carbons (Fsp3) is 0.375. The van der Waals surface area contributed by atoms with Crippen molar-refractivity contribution in [3.8, 4) is 0 Å². The van der Waals surface area contributed by atoms with Crippen LogP contribution in [0.2, 0.25) is 0 Å². The van der Waals surface area contributed by atoms with Crippen LogP contribution < -0.4 is 5.32 Å². The lowest BCUT2D eigenvalue weighted by Crippen LogP contribution is -2.15. The van der Waals surface area contributed by atoms with Crippen LogP contribution in [0, 0.1) is 13.8 Å². The zero-order valence-corrected chi connectivity index (χ0v) is 13.3. The third-order valence-electron chi connectivity index (χ3n) is 3.50. The molecule has 0 radical (unpaired) electrons. The second kappa shape index (κ2) is 6.06. The first-order valence-electron chi connectivity index (χ1n) is 7.15. The molecule has 1 amide bonds. The molecule has 0 aliphatic carbocycles. The standard InChI is InChI=1S/C16H18F3N3O/c1-9(2)22-11(4)14(10(3)21-22)20-15(23)12-6-5-7-13(8-12)16(17,18)19/h5-9H,1-4H3,(H,20,23). The van der Waals surface area contributed by atoms with E-state index >= 15 is 0 Å². The van der Waals surface area contributed by atoms with E-state index in [0.29, 0.717) is 11.4 Å². The van der Waals surface area contributed by atoms with Crippen LogP contribution in [0.3, 0.4) is 0 Å². The van der Waals surface area contributed by atoms with Crippen LogP contribution in [0.25, 0.3) is 0 Å². The highest BCUT2D eigenvalue weighted by molar-refractivity contribution is 6.05. The van der Waals surface area contributed by atoms with Crippen molar-refractivity contribution in [2.75, 3.05) is 5.32 Å². The molecule has 0 bridgehead atoms. The average Bonchev–Trinajstić information content (AvgIpc) is 2.74. The van der Waals surface area contributed by atoms with Crippen LogP contribution in [-0.2, 0) is 6.18 Å². The predicted molar refractivity (Wildman–Crippen MR) is 81.5 cm³/mol. The molecule has 2 aromatic rings. The summed E-state index contributed by atoms with van der Waals surface area (Å²) in [7, 11) is 0. The fourth-order valence-electron chi connectivity index (χ4n) is 2.37. The molecule has 0 aliphatic rings. The van der Waals surface area contributed by atoms with Crippen LogP contribution in [0.4, 0.5) is 18.9 Å². The van der Waals surface area contributed by atoms with E-state index in [1.165, 1.54) is 12.1 Å². The van der Waals surface area contributed by atoms with E-state index in [1.54, 1.807) is 11.6 Å². The van der Waals surface area contributed by atoms with Crippen molar-refractivity contribution in [2.24, 2.45) is 0 Å². The van der Waals surface area contributed by atoms with E-state index in [9.17, 15) is 18.0 Å². The smallest absolute Gasteiger partial charge is 0.319 e. The zero-order chi connectivity index (χ0) is 17.4. The van der Waals surface area contributed by atoms with E-state index in [4.69, 9.17) is 0 Å². The Hall–Kier alpha value is -2.31. The quantitative estimate of drug-likeness (QED) is 0.912. The fourth-order valence-corrected chi connectivity index (χ4v) is 2.37. The highest BCUT2D eigenvalue weighted by atomic mass is 19.4. The van der Waals surface area contributed by atoms with E-state index in [1.807, 2.05) is 20.8 Å². The number of amides is 1. The van der Waals surface area contributed by atoms with Crippen molar-refractivity contribution < 1.29 is 18.0 Å². The van der Waals surface area contributed by atoms with Crippen molar-refractivity contribution in [3.63, 3.8) is 0 Å². The topological polar surface area (TPSA) is 46.9 Å². The van der Waals surface area contributed by atoms with E-state index in [0.717, 1.165) is 17.8 Å². The van der Waals surface area contributed by atoms with Gasteiger partial charge in [0, 0.05) is 11.6 Å². The summed E-state index contributed by atoms with van der Waals surface area (Å²) >= 11 is 0. The number of aromatic nitrogens is 2. The number of carbonyl (C=O) groups excluding carboxylic acids is 1. The Kier molecular flexibility index (Phi) is 4.49. The van der Waals surface area contributed by atoms with E-state index in [-0.39, 0.29) is 11.6 Å². The molecular weight excluding hydrogens is 307 g/mol. The molecule has 124 valence electrons. The number of hydrogen-bond acceptors (Lipinski definition) is 2. The minimum Gasteiger partial charge on any atom is -0.319 e. The van der Waals surface area contributed by atoms with Crippen LogP contribution in [0.1, 0.15) is 47.2 Å². The first kappa shape index (κ1) is 17.1. The van der Waals surface area contributed by atoms with Crippen LogP contribution in [-0.4, -0.2) is 15.7 Å². The van der Waals surface area contributed by atoms with Gasteiger partial charge in [-0.1, -0.05) is 6.07 Å². The molecule has 2 rings (SSSR count). The summed E-state index contributed by atoms with van der Waals surface area (Å²) in [5, 5.41) is 6.99. The van der Waals surface area contributed by atoms with Crippen molar-refractivity contribution in [2.45, 2.75) is 39.9 Å². The molecule has 0 saturated heterocycles. The first-order chi connectivity index (χ1) is 10.6. The molecule has 23 heavy (non-hydrogen) atoms. The Bertz CT molecular complexity index is 733. The normalized spacial score (nSPS) is 11.8. The third kappa shape index (κ3) is 3.55. The molecule has 1 heterocycles. The average molecular weight is 325 g/mol. The van der Waals surface area contributed by atoms with Gasteiger partial charge in [0.05, 0.1) is 22.6 Å². The second-order valence-corrected chi connectivity index (χ2v) is 5.62. The first-order valence-corrected chi connectivity index (χ1v) is 7.15. The molecule has 4 nitrogen and oxygen atoms in total. The minimum absolute atomic E-state index is 0.0454. The Balaban J connectivity index is 2.30. The monoisotopic (exact) mass is 325 g/mol. The summed E-state index contributed by atoms with van der Waals surface area (Å²) in [6.07, 6.45) is -4.48. The molecule has 0 spiro atoms. The lowest BCUT2D eigenvalue weighted by molar-refractivity contribution is -0.137. The number of anilines is 1. The van der Waals surface area contributed by atoms with Gasteiger partial charge in [-0.25, -0.2) is 0 Å². The maximum Gasteiger partial charge on any atom is 0.416 e. The number of rotatable bonds is 3. The van der Waals surface area contributed by atoms with E-state index < -0.39 is 17.6 Å². The number of hydrogen-bond donors (Lipinski definition) is 1. The maximum absolute atomic E-state index is 12.7. The van der Waals surface area contributed by atoms with Gasteiger partial charge in [0.25, 0.3) is 5.91 Å². The van der Waals surface area contributed by atoms with Gasteiger partial charge in [-0.3, -0.25) is 9.48 Å². The lowest BCUT2D eigenvalue weighted by atomic mass is 10.1. The highest BCUT2D eigenvalue weighted by Gasteiger charge is 2.31. The van der Waals surface area contributed by atoms with Crippen molar-refractivity contribution in [3.05, 3.63) is 46.8 Å². The Labute approximate surface area is 132 Å². The maximum atomic E-state index is 12.7. The number of carbonyl (C=O) groups is 1. The largest absolute Gasteiger partial charge is 0.416 e. The van der Waals surface area contributed by atoms with Gasteiger partial charge in [0.15, 0.2) is 0 Å². The summed E-state index contributed by atoms with van der Waals surface area (Å²) in [6, 6.07) is 4.46. The molecule has 0 aliphatic heterocycles. The van der Waals surface area contributed by atoms with Gasteiger partial charge >= 0.3 is 6.18 Å². The predicted octanol–water partition coefficient (Wildman–Crippen LogP) is 4.35. The molecule has 0 atom stereocenters. The summed E-state index contributed by atoms with van der Waals surface area (Å²) in [6.45, 7) is 7.46. The van der Waals surface area contributed by atoms with Crippen molar-refractivity contribution in [1.82, 2.24) is 9.78 Å². The number of aryl methyl sites for hydroxylation is 1. The van der Waals surface area contributed by atoms with Crippen molar-refractivity contribution >= 4 is 11.6 Å². The molecular formula is C16H18F3N3O. The van der Waals surface area contributed by atoms with Gasteiger partial charge < -0.3 is 5.32 Å². The van der Waals surface area contributed by atoms with Gasteiger partial charge in [-0.2, -0.15) is 18.3 Å². The molecule has 0 saturated carbocycles. The summed E-state index contributed by atoms with van der Waals surface area (Å²) in [5.41, 5.74) is 1.02. The number of halogens is 3. The Morgan fingerprint density at radius 2 is 1.91 bits per heavy atom. The Morgan fingerprint density at radius 3 is 2.43 bits per heavy atom. The number of benzene rings is 1. The zero-order valence-electron chi connectivity index (χ0n) is 13.3. The number of nitrogens with one attached hydrogen (secondary N) is 1. The summed E-state index contributed by atoms with van der Waals surface area (Å²) < 4.78 is 40.0. The molecule has 1 aromatic carbocycles. The number of alkyl halides is 3. The molecule has 0 fully saturated rings. The summed E-state index contributed by atoms with van der Waals surface area (Å²) in [5.74, 6) is -0.592. The van der Waals surface area contributed by atoms with Gasteiger partial charge in [0.2, 0.25) is 0 Å². The molecule has 0 unspecified atom stereocenters.